The lowest BCUT2D eigenvalue weighted by atomic mass is 9.71. The van der Waals surface area contributed by atoms with E-state index in [1.54, 1.807) is 6.20 Å². The number of halogens is 1. The second kappa shape index (κ2) is 5.30. The predicted octanol–water partition coefficient (Wildman–Crippen LogP) is 3.23. The van der Waals surface area contributed by atoms with Crippen molar-refractivity contribution in [1.29, 1.82) is 5.26 Å². The van der Waals surface area contributed by atoms with E-state index in [2.05, 4.69) is 31.9 Å². The second-order valence-corrected chi connectivity index (χ2v) is 9.95. The molecule has 3 fully saturated rings. The highest BCUT2D eigenvalue weighted by molar-refractivity contribution is 9.10. The first-order valence-electron chi connectivity index (χ1n) is 9.52. The third kappa shape index (κ3) is 2.05. The van der Waals surface area contributed by atoms with Crippen molar-refractivity contribution in [1.82, 2.24) is 9.88 Å². The van der Waals surface area contributed by atoms with Crippen LogP contribution in [0.25, 0.3) is 0 Å². The number of likely N-dealkylation sites (tertiary alicyclic amines) is 1. The molecule has 0 spiro atoms. The van der Waals surface area contributed by atoms with Crippen molar-refractivity contribution in [2.24, 2.45) is 11.8 Å². The Hall–Kier alpha value is -1.45. The Bertz CT molecular complexity index is 827. The van der Waals surface area contributed by atoms with Crippen molar-refractivity contribution < 1.29 is 4.79 Å². The first kappa shape index (κ1) is 16.7. The van der Waals surface area contributed by atoms with Crippen molar-refractivity contribution >= 4 is 27.5 Å². The molecule has 0 bridgehead atoms. The molecule has 2 unspecified atom stereocenters. The van der Waals surface area contributed by atoms with E-state index in [9.17, 15) is 10.1 Å². The molecule has 1 aromatic heterocycles. The van der Waals surface area contributed by atoms with E-state index in [0.29, 0.717) is 0 Å². The molecule has 1 saturated heterocycles. The van der Waals surface area contributed by atoms with Gasteiger partial charge in [-0.2, -0.15) is 5.26 Å². The van der Waals surface area contributed by atoms with E-state index < -0.39 is 5.41 Å². The van der Waals surface area contributed by atoms with Crippen molar-refractivity contribution in [2.75, 3.05) is 18.0 Å². The fourth-order valence-electron chi connectivity index (χ4n) is 5.40. The molecule has 2 aliphatic heterocycles. The summed E-state index contributed by atoms with van der Waals surface area (Å²) in [5, 5.41) is 9.94. The lowest BCUT2D eigenvalue weighted by Crippen LogP contribution is -2.63. The maximum atomic E-state index is 13.1. The Balaban J connectivity index is 1.42. The Labute approximate surface area is 162 Å². The van der Waals surface area contributed by atoms with Gasteiger partial charge in [-0.15, -0.1) is 0 Å². The van der Waals surface area contributed by atoms with Crippen LogP contribution in [0.4, 0.5) is 5.69 Å². The highest BCUT2D eigenvalue weighted by Gasteiger charge is 2.59. The maximum Gasteiger partial charge on any atom is 0.239 e. The van der Waals surface area contributed by atoms with Crippen LogP contribution in [-0.4, -0.2) is 40.5 Å². The van der Waals surface area contributed by atoms with E-state index >= 15 is 0 Å². The second-order valence-electron chi connectivity index (χ2n) is 9.03. The number of pyridine rings is 1. The van der Waals surface area contributed by atoms with Gasteiger partial charge in [-0.25, -0.2) is 0 Å². The molecule has 2 atom stereocenters. The van der Waals surface area contributed by atoms with Gasteiger partial charge in [0.15, 0.2) is 0 Å². The van der Waals surface area contributed by atoms with Gasteiger partial charge < -0.3 is 4.90 Å². The molecule has 2 aliphatic carbocycles. The summed E-state index contributed by atoms with van der Waals surface area (Å²) in [4.78, 5) is 22.0. The molecule has 0 N–H and O–H groups in total. The number of nitriles is 1. The first-order chi connectivity index (χ1) is 12.4. The normalized spacial score (nSPS) is 37.5. The number of carbonyl (C=O) groups excluding carboxylic acids is 1. The van der Waals surface area contributed by atoms with Crippen molar-refractivity contribution in [3.05, 3.63) is 22.4 Å². The number of aromatic nitrogens is 1. The molecule has 0 aromatic carbocycles. The summed E-state index contributed by atoms with van der Waals surface area (Å²) < 4.78 is 0.883. The Morgan fingerprint density at radius 2 is 1.92 bits per heavy atom. The maximum absolute atomic E-state index is 13.1. The highest BCUT2D eigenvalue weighted by atomic mass is 79.9. The van der Waals surface area contributed by atoms with Gasteiger partial charge in [0.2, 0.25) is 5.91 Å². The van der Waals surface area contributed by atoms with Gasteiger partial charge in [-0.05, 0) is 60.5 Å². The van der Waals surface area contributed by atoms with E-state index in [-0.39, 0.29) is 17.5 Å². The Morgan fingerprint density at radius 3 is 2.50 bits per heavy atom. The smallest absolute Gasteiger partial charge is 0.239 e. The quantitative estimate of drug-likeness (QED) is 0.744. The van der Waals surface area contributed by atoms with Crippen molar-refractivity contribution in [3.63, 3.8) is 0 Å². The van der Waals surface area contributed by atoms with Crippen LogP contribution in [0, 0.1) is 23.2 Å². The molecule has 2 saturated carbocycles. The van der Waals surface area contributed by atoms with Crippen LogP contribution in [0.5, 0.6) is 0 Å². The number of fused-ring (bicyclic) bond motifs is 2. The van der Waals surface area contributed by atoms with Gasteiger partial charge in [0.25, 0.3) is 0 Å². The van der Waals surface area contributed by atoms with Gasteiger partial charge in [-0.1, -0.05) is 0 Å². The number of rotatable bonds is 2. The highest BCUT2D eigenvalue weighted by Crippen LogP contribution is 2.52. The largest absolute Gasteiger partial charge is 0.306 e. The number of amides is 1. The topological polar surface area (TPSA) is 60.2 Å². The third-order valence-electron chi connectivity index (χ3n) is 7.25. The van der Waals surface area contributed by atoms with E-state index in [1.165, 1.54) is 12.8 Å². The summed E-state index contributed by atoms with van der Waals surface area (Å²) in [6, 6.07) is 4.71. The van der Waals surface area contributed by atoms with Crippen LogP contribution in [0.1, 0.15) is 45.2 Å². The molecule has 3 heterocycles. The zero-order valence-corrected chi connectivity index (χ0v) is 16.8. The number of anilines is 1. The van der Waals surface area contributed by atoms with Crippen LogP contribution in [0.3, 0.4) is 0 Å². The number of carbonyl (C=O) groups is 1. The molecule has 26 heavy (non-hydrogen) atoms. The average molecular weight is 415 g/mol. The lowest BCUT2D eigenvalue weighted by Gasteiger charge is -2.51. The molecule has 1 amide bonds. The van der Waals surface area contributed by atoms with Gasteiger partial charge in [0.1, 0.15) is 5.54 Å². The van der Waals surface area contributed by atoms with E-state index in [1.807, 2.05) is 24.8 Å². The van der Waals surface area contributed by atoms with Crippen molar-refractivity contribution in [3.8, 4) is 6.07 Å². The zero-order chi connectivity index (χ0) is 18.3. The molecule has 4 aliphatic rings. The predicted molar refractivity (Wildman–Crippen MR) is 102 cm³/mol. The average Bonchev–Trinajstić information content (AvgIpc) is 2.94. The van der Waals surface area contributed by atoms with Crippen molar-refractivity contribution in [2.45, 2.75) is 56.5 Å². The van der Waals surface area contributed by atoms with Gasteiger partial charge in [-0.3, -0.25) is 14.7 Å². The number of nitrogens with zero attached hydrogens (tertiary/aromatic N) is 4. The Kier molecular flexibility index (Phi) is 3.40. The van der Waals surface area contributed by atoms with Gasteiger partial charge >= 0.3 is 0 Å². The molecular weight excluding hydrogens is 392 g/mol. The summed E-state index contributed by atoms with van der Waals surface area (Å²) in [6.07, 6.45) is 5.89. The van der Waals surface area contributed by atoms with Crippen LogP contribution >= 0.6 is 15.9 Å². The summed E-state index contributed by atoms with van der Waals surface area (Å²) in [7, 11) is 0. The molecule has 0 radical (unpaired) electrons. The number of hydrogen-bond donors (Lipinski definition) is 0. The fraction of sp³-hybridized carbons (Fsp3) is 0.650. The van der Waals surface area contributed by atoms with E-state index in [4.69, 9.17) is 0 Å². The molecule has 136 valence electrons. The van der Waals surface area contributed by atoms with Crippen LogP contribution < -0.4 is 4.90 Å². The Morgan fingerprint density at radius 1 is 1.27 bits per heavy atom. The molecule has 1 aromatic rings. The summed E-state index contributed by atoms with van der Waals surface area (Å²) in [5.74, 6) is 1.70. The first-order valence-corrected chi connectivity index (χ1v) is 10.3. The standard InChI is InChI=1S/C20H23BrN4O/c1-19(2)17-16(5-14(21)8-23-17)25(18(19)26)15-6-20(7-15,11-22)24-9-12-3-4-13(12)10-24/h5,8,12-13,15H,3-4,6-7,9-10H2,1-2H3/t12?,13?,15-,20+. The third-order valence-corrected chi connectivity index (χ3v) is 7.68. The van der Waals surface area contributed by atoms with Crippen LogP contribution in [-0.2, 0) is 10.2 Å². The monoisotopic (exact) mass is 414 g/mol. The minimum absolute atomic E-state index is 0.0945. The summed E-state index contributed by atoms with van der Waals surface area (Å²) in [5.41, 5.74) is 0.772. The summed E-state index contributed by atoms with van der Waals surface area (Å²) in [6.45, 7) is 6.02. The molecular formula is C20H23BrN4O. The van der Waals surface area contributed by atoms with Gasteiger partial charge in [0, 0.05) is 42.6 Å². The molecule has 6 heteroatoms. The van der Waals surface area contributed by atoms with E-state index in [0.717, 1.165) is 53.6 Å². The van der Waals surface area contributed by atoms with Gasteiger partial charge in [0.05, 0.1) is 22.9 Å². The SMILES string of the molecule is CC1(C)C(=O)N([C@H]2C[C@@](C#N)(N3CC4CCC4C3)C2)c2cc(Br)cnc21. The summed E-state index contributed by atoms with van der Waals surface area (Å²) >= 11 is 3.49. The fourth-order valence-corrected chi connectivity index (χ4v) is 5.72. The molecule has 5 rings (SSSR count). The minimum atomic E-state index is -0.603. The van der Waals surface area contributed by atoms with Crippen LogP contribution in [0.2, 0.25) is 0 Å². The zero-order valence-electron chi connectivity index (χ0n) is 15.2. The van der Waals surface area contributed by atoms with Crippen LogP contribution in [0.15, 0.2) is 16.7 Å². The molecule has 5 nitrogen and oxygen atoms in total. The lowest BCUT2D eigenvalue weighted by molar-refractivity contribution is -0.123. The number of hydrogen-bond acceptors (Lipinski definition) is 4. The minimum Gasteiger partial charge on any atom is -0.306 e.